The lowest BCUT2D eigenvalue weighted by Crippen LogP contribution is -2.10. The normalized spacial score (nSPS) is 16.3. The van der Waals surface area contributed by atoms with Crippen LogP contribution in [0.2, 0.25) is 0 Å². The van der Waals surface area contributed by atoms with E-state index < -0.39 is 5.97 Å². The van der Waals surface area contributed by atoms with E-state index >= 15 is 0 Å². The Morgan fingerprint density at radius 3 is 2.77 bits per heavy atom. The second-order valence-electron chi connectivity index (χ2n) is 7.08. The van der Waals surface area contributed by atoms with Crippen LogP contribution in [0.15, 0.2) is 4.52 Å². The maximum absolute atomic E-state index is 11.4. The van der Waals surface area contributed by atoms with Gasteiger partial charge in [-0.25, -0.2) is 0 Å². The van der Waals surface area contributed by atoms with Crippen LogP contribution in [0.3, 0.4) is 0 Å². The van der Waals surface area contributed by atoms with Gasteiger partial charge in [-0.3, -0.25) is 9.59 Å². The average molecular weight is 366 g/mol. The van der Waals surface area contributed by atoms with E-state index in [2.05, 4.69) is 10.1 Å². The lowest BCUT2D eigenvalue weighted by molar-refractivity contribution is -0.143. The number of aromatic nitrogens is 2. The molecular formula is C19H30N2O5. The molecule has 7 heteroatoms. The highest BCUT2D eigenvalue weighted by atomic mass is 16.5. The van der Waals surface area contributed by atoms with Gasteiger partial charge in [0.15, 0.2) is 5.82 Å². The van der Waals surface area contributed by atoms with Gasteiger partial charge < -0.3 is 14.4 Å². The van der Waals surface area contributed by atoms with Gasteiger partial charge in [-0.15, -0.1) is 0 Å². The van der Waals surface area contributed by atoms with Crippen LogP contribution in [-0.2, 0) is 20.7 Å². The summed E-state index contributed by atoms with van der Waals surface area (Å²) in [6.07, 6.45) is 9.93. The Morgan fingerprint density at radius 2 is 2.08 bits per heavy atom. The number of nitrogens with zero attached hydrogens (tertiary/aromatic N) is 2. The van der Waals surface area contributed by atoms with Gasteiger partial charge in [0.1, 0.15) is 0 Å². The highest BCUT2D eigenvalue weighted by molar-refractivity contribution is 5.69. The van der Waals surface area contributed by atoms with E-state index in [4.69, 9.17) is 9.26 Å². The number of carboxylic acids is 1. The van der Waals surface area contributed by atoms with E-state index in [0.29, 0.717) is 24.7 Å². The fourth-order valence-electron chi connectivity index (χ4n) is 3.63. The van der Waals surface area contributed by atoms with Gasteiger partial charge in [-0.05, 0) is 19.3 Å². The number of carbonyl (C=O) groups excluding carboxylic acids is 1. The third kappa shape index (κ3) is 7.14. The summed E-state index contributed by atoms with van der Waals surface area (Å²) in [6.45, 7) is 2.10. The molecule has 7 nitrogen and oxygen atoms in total. The average Bonchev–Trinajstić information content (AvgIpc) is 3.09. The van der Waals surface area contributed by atoms with Crippen LogP contribution in [0.1, 0.15) is 88.8 Å². The first-order chi connectivity index (χ1) is 12.6. The van der Waals surface area contributed by atoms with Gasteiger partial charge >= 0.3 is 11.9 Å². The fourth-order valence-corrected chi connectivity index (χ4v) is 3.63. The molecule has 1 aliphatic rings. The molecule has 0 bridgehead atoms. The number of aryl methyl sites for hydroxylation is 1. The number of carboxylic acid groups (broad SMARTS) is 1. The van der Waals surface area contributed by atoms with Crippen molar-refractivity contribution < 1.29 is 24.0 Å². The molecule has 1 aromatic rings. The number of aliphatic carboxylic acids is 1. The predicted octanol–water partition coefficient (Wildman–Crippen LogP) is 3.87. The molecular weight excluding hydrogens is 336 g/mol. The lowest BCUT2D eigenvalue weighted by Gasteiger charge is -2.21. The number of esters is 1. The van der Waals surface area contributed by atoms with Crippen molar-refractivity contribution in [2.45, 2.75) is 83.5 Å². The molecule has 1 fully saturated rings. The molecule has 1 saturated carbocycles. The van der Waals surface area contributed by atoms with Crippen LogP contribution in [0.5, 0.6) is 0 Å². The maximum atomic E-state index is 11.4. The molecule has 1 heterocycles. The zero-order valence-electron chi connectivity index (χ0n) is 15.6. The fraction of sp³-hybridized carbons (Fsp3) is 0.789. The van der Waals surface area contributed by atoms with Gasteiger partial charge in [0.05, 0.1) is 19.4 Å². The second-order valence-corrected chi connectivity index (χ2v) is 7.08. The Hall–Kier alpha value is -1.92. The lowest BCUT2D eigenvalue weighted by atomic mass is 9.84. The molecule has 0 aromatic carbocycles. The molecule has 0 saturated heterocycles. The van der Waals surface area contributed by atoms with Gasteiger partial charge in [-0.2, -0.15) is 4.98 Å². The van der Waals surface area contributed by atoms with Crippen LogP contribution in [0.4, 0.5) is 0 Å². The summed E-state index contributed by atoms with van der Waals surface area (Å²) in [5, 5.41) is 13.1. The van der Waals surface area contributed by atoms with Gasteiger partial charge in [0.25, 0.3) is 0 Å². The van der Waals surface area contributed by atoms with Gasteiger partial charge in [0.2, 0.25) is 5.89 Å². The van der Waals surface area contributed by atoms with Crippen LogP contribution >= 0.6 is 0 Å². The minimum Gasteiger partial charge on any atom is -0.481 e. The Bertz CT molecular complexity index is 566. The predicted molar refractivity (Wildman–Crippen MR) is 94.7 cm³/mol. The molecule has 1 N–H and O–H groups in total. The molecule has 0 radical (unpaired) electrons. The summed E-state index contributed by atoms with van der Waals surface area (Å²) < 4.78 is 10.2. The van der Waals surface area contributed by atoms with Crippen molar-refractivity contribution in [1.82, 2.24) is 10.1 Å². The minimum atomic E-state index is -0.862. The van der Waals surface area contributed by atoms with Gasteiger partial charge in [-0.1, -0.05) is 50.1 Å². The first-order valence-corrected chi connectivity index (χ1v) is 9.78. The van der Waals surface area contributed by atoms with Crippen molar-refractivity contribution in [3.8, 4) is 0 Å². The first-order valence-electron chi connectivity index (χ1n) is 9.78. The van der Waals surface area contributed by atoms with Crippen LogP contribution in [0, 0.1) is 5.92 Å². The number of rotatable bonds is 11. The van der Waals surface area contributed by atoms with Crippen molar-refractivity contribution >= 4 is 11.9 Å². The smallest absolute Gasteiger partial charge is 0.306 e. The van der Waals surface area contributed by atoms with E-state index in [1.165, 1.54) is 32.1 Å². The summed E-state index contributed by atoms with van der Waals surface area (Å²) in [6, 6.07) is 0. The van der Waals surface area contributed by atoms with E-state index in [0.717, 1.165) is 25.2 Å². The van der Waals surface area contributed by atoms with Crippen molar-refractivity contribution in [2.75, 3.05) is 6.61 Å². The Kier molecular flexibility index (Phi) is 8.58. The molecule has 1 aliphatic carbocycles. The quantitative estimate of drug-likeness (QED) is 0.593. The first kappa shape index (κ1) is 20.4. The third-order valence-corrected chi connectivity index (χ3v) is 5.00. The summed E-state index contributed by atoms with van der Waals surface area (Å²) in [7, 11) is 0. The molecule has 146 valence electrons. The largest absolute Gasteiger partial charge is 0.481 e. The monoisotopic (exact) mass is 366 g/mol. The molecule has 0 amide bonds. The Balaban J connectivity index is 1.85. The van der Waals surface area contributed by atoms with Crippen molar-refractivity contribution in [3.05, 3.63) is 11.7 Å². The topological polar surface area (TPSA) is 103 Å². The second kappa shape index (κ2) is 10.9. The highest BCUT2D eigenvalue weighted by Gasteiger charge is 2.23. The van der Waals surface area contributed by atoms with E-state index in [1.54, 1.807) is 6.92 Å². The van der Waals surface area contributed by atoms with Crippen LogP contribution < -0.4 is 0 Å². The SMILES string of the molecule is CCOC(=O)CCc1noc([C@H](CCCC2CCCCC2)CC(=O)O)n1. The molecule has 0 aliphatic heterocycles. The van der Waals surface area contributed by atoms with E-state index in [1.807, 2.05) is 0 Å². The summed E-state index contributed by atoms with van der Waals surface area (Å²) in [5.74, 6) is 0.148. The molecule has 1 atom stereocenters. The van der Waals surface area contributed by atoms with E-state index in [-0.39, 0.29) is 24.7 Å². The minimum absolute atomic E-state index is 0.00975. The van der Waals surface area contributed by atoms with E-state index in [9.17, 15) is 14.7 Å². The molecule has 2 rings (SSSR count). The summed E-state index contributed by atoms with van der Waals surface area (Å²) in [5.41, 5.74) is 0. The third-order valence-electron chi connectivity index (χ3n) is 5.00. The number of hydrogen-bond acceptors (Lipinski definition) is 6. The number of carbonyl (C=O) groups is 2. The summed E-state index contributed by atoms with van der Waals surface area (Å²) >= 11 is 0. The molecule has 0 unspecified atom stereocenters. The number of ether oxygens (including phenoxy) is 1. The van der Waals surface area contributed by atoms with Crippen LogP contribution in [-0.4, -0.2) is 33.8 Å². The van der Waals surface area contributed by atoms with Crippen molar-refractivity contribution in [3.63, 3.8) is 0 Å². The van der Waals surface area contributed by atoms with Gasteiger partial charge in [0, 0.05) is 12.3 Å². The maximum Gasteiger partial charge on any atom is 0.306 e. The highest BCUT2D eigenvalue weighted by Crippen LogP contribution is 2.31. The Morgan fingerprint density at radius 1 is 1.31 bits per heavy atom. The standard InChI is InChI=1S/C19H30N2O5/c1-2-25-18(24)12-11-16-20-19(26-21-16)15(13-17(22)23)10-6-9-14-7-4-3-5-8-14/h14-15H,2-13H2,1H3,(H,22,23)/t15-/m1/s1. The molecule has 1 aromatic heterocycles. The summed E-state index contributed by atoms with van der Waals surface area (Å²) in [4.78, 5) is 26.9. The van der Waals surface area contributed by atoms with Crippen molar-refractivity contribution in [2.24, 2.45) is 5.92 Å². The molecule has 26 heavy (non-hydrogen) atoms. The van der Waals surface area contributed by atoms with Crippen LogP contribution in [0.25, 0.3) is 0 Å². The Labute approximate surface area is 154 Å². The molecule has 0 spiro atoms. The number of hydrogen-bond donors (Lipinski definition) is 1. The zero-order valence-corrected chi connectivity index (χ0v) is 15.6. The zero-order chi connectivity index (χ0) is 18.8. The van der Waals surface area contributed by atoms with Crippen molar-refractivity contribution in [1.29, 1.82) is 0 Å².